The van der Waals surface area contributed by atoms with E-state index >= 15 is 0 Å². The lowest BCUT2D eigenvalue weighted by atomic mass is 9.92. The molecule has 1 unspecified atom stereocenters. The first-order valence-electron chi connectivity index (χ1n) is 4.51. The molecule has 1 fully saturated rings. The Balaban J connectivity index is 2.76. The first-order chi connectivity index (χ1) is 6.75. The largest absolute Gasteiger partial charge is 0.479 e. The zero-order valence-corrected chi connectivity index (χ0v) is 8.56. The molecule has 0 bridgehead atoms. The maximum Gasteiger partial charge on any atom is 0.334 e. The second kappa shape index (κ2) is 3.62. The molecule has 6 heteroatoms. The molecule has 0 spiro atoms. The van der Waals surface area contributed by atoms with Crippen molar-refractivity contribution in [3.05, 3.63) is 0 Å². The van der Waals surface area contributed by atoms with E-state index in [9.17, 15) is 14.4 Å². The Morgan fingerprint density at radius 1 is 1.53 bits per heavy atom. The number of carboxylic acids is 1. The molecule has 6 nitrogen and oxygen atoms in total. The fourth-order valence-electron chi connectivity index (χ4n) is 1.46. The predicted octanol–water partition coefficient (Wildman–Crippen LogP) is -0.783. The number of imide groups is 1. The molecule has 84 valence electrons. The number of aliphatic hydroxyl groups is 1. The highest BCUT2D eigenvalue weighted by Gasteiger charge is 2.45. The number of carbonyl (C=O) groups excluding carboxylic acids is 2. The summed E-state index contributed by atoms with van der Waals surface area (Å²) in [6, 6.07) is 0. The molecule has 1 heterocycles. The molecule has 1 aliphatic heterocycles. The van der Waals surface area contributed by atoms with Crippen molar-refractivity contribution < 1.29 is 24.6 Å². The van der Waals surface area contributed by atoms with E-state index in [4.69, 9.17) is 10.2 Å². The third-order valence-electron chi connectivity index (χ3n) is 2.36. The molecule has 0 saturated carbocycles. The van der Waals surface area contributed by atoms with Crippen LogP contribution in [0.1, 0.15) is 20.3 Å². The lowest BCUT2D eigenvalue weighted by Crippen LogP contribution is -2.41. The summed E-state index contributed by atoms with van der Waals surface area (Å²) in [5, 5.41) is 17.5. The van der Waals surface area contributed by atoms with Crippen molar-refractivity contribution in [2.75, 3.05) is 6.54 Å². The van der Waals surface area contributed by atoms with Crippen molar-refractivity contribution in [3.63, 3.8) is 0 Å². The summed E-state index contributed by atoms with van der Waals surface area (Å²) in [5.74, 6) is -2.32. The molecule has 1 aliphatic rings. The lowest BCUT2D eigenvalue weighted by Gasteiger charge is -2.18. The van der Waals surface area contributed by atoms with Crippen LogP contribution in [0.2, 0.25) is 0 Å². The smallest absolute Gasteiger partial charge is 0.334 e. The molecule has 0 aromatic rings. The highest BCUT2D eigenvalue weighted by atomic mass is 16.4. The van der Waals surface area contributed by atoms with Gasteiger partial charge < -0.3 is 10.2 Å². The van der Waals surface area contributed by atoms with Crippen molar-refractivity contribution in [1.82, 2.24) is 4.90 Å². The second-order valence-corrected chi connectivity index (χ2v) is 4.22. The number of amides is 2. The van der Waals surface area contributed by atoms with Crippen LogP contribution in [0.4, 0.5) is 0 Å². The Hall–Kier alpha value is -1.43. The average molecular weight is 215 g/mol. The molecule has 0 aromatic carbocycles. The minimum absolute atomic E-state index is 0.0537. The minimum Gasteiger partial charge on any atom is -0.479 e. The van der Waals surface area contributed by atoms with E-state index in [1.54, 1.807) is 13.8 Å². The van der Waals surface area contributed by atoms with Gasteiger partial charge in [0, 0.05) is 6.42 Å². The van der Waals surface area contributed by atoms with Gasteiger partial charge in [-0.3, -0.25) is 14.5 Å². The van der Waals surface area contributed by atoms with Crippen LogP contribution in [-0.2, 0) is 14.4 Å². The molecule has 1 rings (SSSR count). The normalized spacial score (nSPS) is 21.9. The number of hydrogen-bond donors (Lipinski definition) is 2. The van der Waals surface area contributed by atoms with Crippen molar-refractivity contribution in [2.24, 2.45) is 5.41 Å². The average Bonchev–Trinajstić information content (AvgIpc) is 2.27. The Kier molecular flexibility index (Phi) is 2.81. The number of carbonyl (C=O) groups is 3. The van der Waals surface area contributed by atoms with Gasteiger partial charge in [-0.1, -0.05) is 13.8 Å². The van der Waals surface area contributed by atoms with Crippen LogP contribution in [0.25, 0.3) is 0 Å². The van der Waals surface area contributed by atoms with E-state index in [1.165, 1.54) is 0 Å². The van der Waals surface area contributed by atoms with Crippen LogP contribution < -0.4 is 0 Å². The third kappa shape index (κ3) is 2.15. The number of likely N-dealkylation sites (tertiary alicyclic amines) is 1. The molecule has 15 heavy (non-hydrogen) atoms. The summed E-state index contributed by atoms with van der Waals surface area (Å²) in [4.78, 5) is 34.1. The van der Waals surface area contributed by atoms with Gasteiger partial charge in [0.25, 0.3) is 0 Å². The van der Waals surface area contributed by atoms with E-state index in [-0.39, 0.29) is 6.42 Å². The van der Waals surface area contributed by atoms with Gasteiger partial charge >= 0.3 is 5.97 Å². The fraction of sp³-hybridized carbons (Fsp3) is 0.667. The molecule has 1 atom stereocenters. The van der Waals surface area contributed by atoms with Crippen LogP contribution in [0, 0.1) is 5.41 Å². The fourth-order valence-corrected chi connectivity index (χ4v) is 1.46. The number of aliphatic carboxylic acids is 1. The van der Waals surface area contributed by atoms with Crippen LogP contribution in [-0.4, -0.2) is 45.5 Å². The number of β-amino-alcohol motifs (C(OH)–C–C–N with tert-alkyl or cyclic N) is 1. The monoisotopic (exact) mass is 215 g/mol. The Labute approximate surface area is 86.5 Å². The molecular weight excluding hydrogens is 202 g/mol. The van der Waals surface area contributed by atoms with Crippen molar-refractivity contribution in [1.29, 1.82) is 0 Å². The Bertz CT molecular complexity index is 322. The lowest BCUT2D eigenvalue weighted by molar-refractivity contribution is -0.151. The highest BCUT2D eigenvalue weighted by molar-refractivity contribution is 6.05. The van der Waals surface area contributed by atoms with E-state index < -0.39 is 35.8 Å². The minimum atomic E-state index is -1.72. The maximum atomic E-state index is 11.6. The first kappa shape index (κ1) is 11.6. The third-order valence-corrected chi connectivity index (χ3v) is 2.36. The maximum absolute atomic E-state index is 11.6. The molecule has 0 radical (unpaired) electrons. The predicted molar refractivity (Wildman–Crippen MR) is 48.8 cm³/mol. The number of rotatable bonds is 3. The van der Waals surface area contributed by atoms with E-state index in [2.05, 4.69) is 0 Å². The van der Waals surface area contributed by atoms with Crippen LogP contribution in [0.5, 0.6) is 0 Å². The number of nitrogens with zero attached hydrogens (tertiary/aromatic N) is 1. The van der Waals surface area contributed by atoms with Crippen molar-refractivity contribution >= 4 is 17.8 Å². The quantitative estimate of drug-likeness (QED) is 0.602. The Morgan fingerprint density at radius 2 is 2.07 bits per heavy atom. The standard InChI is InChI=1S/C9H13NO5/c1-9(2)3-6(12)10(8(9)15)4-5(11)7(13)14/h5,11H,3-4H2,1-2H3,(H,13,14). The summed E-state index contributed by atoms with van der Waals surface area (Å²) >= 11 is 0. The molecular formula is C9H13NO5. The van der Waals surface area contributed by atoms with Gasteiger partial charge in [-0.05, 0) is 0 Å². The first-order valence-corrected chi connectivity index (χ1v) is 4.51. The second-order valence-electron chi connectivity index (χ2n) is 4.22. The van der Waals surface area contributed by atoms with E-state index in [0.29, 0.717) is 0 Å². The van der Waals surface area contributed by atoms with Crippen LogP contribution >= 0.6 is 0 Å². The van der Waals surface area contributed by atoms with Crippen LogP contribution in [0.3, 0.4) is 0 Å². The molecule has 0 aliphatic carbocycles. The molecule has 2 N–H and O–H groups in total. The van der Waals surface area contributed by atoms with Gasteiger partial charge in [-0.15, -0.1) is 0 Å². The highest BCUT2D eigenvalue weighted by Crippen LogP contribution is 2.31. The van der Waals surface area contributed by atoms with Crippen LogP contribution in [0.15, 0.2) is 0 Å². The number of hydrogen-bond acceptors (Lipinski definition) is 4. The molecule has 2 amide bonds. The summed E-state index contributed by atoms with van der Waals surface area (Å²) in [6.45, 7) is 2.75. The van der Waals surface area contributed by atoms with Gasteiger partial charge in [0.2, 0.25) is 11.8 Å². The zero-order chi connectivity index (χ0) is 11.8. The van der Waals surface area contributed by atoms with Gasteiger partial charge in [-0.2, -0.15) is 0 Å². The van der Waals surface area contributed by atoms with Gasteiger partial charge in [0.1, 0.15) is 0 Å². The summed E-state index contributed by atoms with van der Waals surface area (Å²) < 4.78 is 0. The Morgan fingerprint density at radius 3 is 2.40 bits per heavy atom. The SMILES string of the molecule is CC1(C)CC(=O)N(CC(O)C(=O)O)C1=O. The summed E-state index contributed by atoms with van der Waals surface area (Å²) in [5.41, 5.74) is -0.796. The molecule has 1 saturated heterocycles. The van der Waals surface area contributed by atoms with Gasteiger partial charge in [-0.25, -0.2) is 4.79 Å². The zero-order valence-electron chi connectivity index (χ0n) is 8.56. The number of carboxylic acid groups (broad SMARTS) is 1. The van der Waals surface area contributed by atoms with Crippen molar-refractivity contribution in [2.45, 2.75) is 26.4 Å². The molecule has 0 aromatic heterocycles. The van der Waals surface area contributed by atoms with E-state index in [1.807, 2.05) is 0 Å². The number of aliphatic hydroxyl groups excluding tert-OH is 1. The summed E-state index contributed by atoms with van der Waals surface area (Å²) in [6.07, 6.45) is -1.66. The van der Waals surface area contributed by atoms with Gasteiger partial charge in [0.15, 0.2) is 6.10 Å². The van der Waals surface area contributed by atoms with Gasteiger partial charge in [0.05, 0.1) is 12.0 Å². The summed E-state index contributed by atoms with van der Waals surface area (Å²) in [7, 11) is 0. The van der Waals surface area contributed by atoms with E-state index in [0.717, 1.165) is 4.90 Å². The topological polar surface area (TPSA) is 94.9 Å². The van der Waals surface area contributed by atoms with Crippen molar-refractivity contribution in [3.8, 4) is 0 Å².